The van der Waals surface area contributed by atoms with E-state index in [1.807, 2.05) is 18.7 Å². The summed E-state index contributed by atoms with van der Waals surface area (Å²) in [4.78, 5) is 27.5. The van der Waals surface area contributed by atoms with E-state index in [-0.39, 0.29) is 11.9 Å². The molecule has 1 amide bonds. The third-order valence-electron chi connectivity index (χ3n) is 3.84. The standard InChI is InChI=1S/C16H18N2O3S2/c1-10-9-22-16(17-10)23-13-5-3-12(4-6-13)18-15(20)11-2-7-14(19)21-8-11/h2,7-9,12-13H,3-6H2,1H3,(H,18,20). The van der Waals surface area contributed by atoms with Gasteiger partial charge in [0.15, 0.2) is 0 Å². The van der Waals surface area contributed by atoms with Gasteiger partial charge in [-0.25, -0.2) is 9.78 Å². The molecule has 0 unspecified atom stereocenters. The van der Waals surface area contributed by atoms with Crippen LogP contribution in [0.25, 0.3) is 0 Å². The molecule has 0 aromatic carbocycles. The van der Waals surface area contributed by atoms with E-state index in [9.17, 15) is 9.59 Å². The van der Waals surface area contributed by atoms with Crippen molar-refractivity contribution in [2.24, 2.45) is 0 Å². The van der Waals surface area contributed by atoms with Crippen LogP contribution in [-0.4, -0.2) is 22.2 Å². The molecule has 0 radical (unpaired) electrons. The lowest BCUT2D eigenvalue weighted by Gasteiger charge is -2.28. The maximum absolute atomic E-state index is 12.1. The van der Waals surface area contributed by atoms with Crippen molar-refractivity contribution < 1.29 is 9.21 Å². The van der Waals surface area contributed by atoms with Gasteiger partial charge in [-0.1, -0.05) is 11.8 Å². The van der Waals surface area contributed by atoms with Crippen LogP contribution in [0.4, 0.5) is 0 Å². The fourth-order valence-corrected chi connectivity index (χ4v) is 4.90. The van der Waals surface area contributed by atoms with Crippen LogP contribution in [-0.2, 0) is 0 Å². The highest BCUT2D eigenvalue weighted by Crippen LogP contribution is 2.35. The van der Waals surface area contributed by atoms with Gasteiger partial charge in [-0.15, -0.1) is 11.3 Å². The first-order chi connectivity index (χ1) is 11.1. The highest BCUT2D eigenvalue weighted by atomic mass is 32.2. The highest BCUT2D eigenvalue weighted by Gasteiger charge is 2.24. The molecule has 2 heterocycles. The van der Waals surface area contributed by atoms with Gasteiger partial charge in [-0.3, -0.25) is 4.79 Å². The summed E-state index contributed by atoms with van der Waals surface area (Å²) in [5, 5.41) is 5.67. The Morgan fingerprint density at radius 2 is 2.13 bits per heavy atom. The lowest BCUT2D eigenvalue weighted by Crippen LogP contribution is -2.38. The second-order valence-electron chi connectivity index (χ2n) is 5.66. The molecule has 2 aromatic heterocycles. The van der Waals surface area contributed by atoms with Crippen LogP contribution in [0.1, 0.15) is 41.7 Å². The first-order valence-corrected chi connectivity index (χ1v) is 9.34. The predicted molar refractivity (Wildman–Crippen MR) is 91.2 cm³/mol. The Hall–Kier alpha value is -1.60. The van der Waals surface area contributed by atoms with E-state index < -0.39 is 5.63 Å². The lowest BCUT2D eigenvalue weighted by atomic mass is 9.95. The summed E-state index contributed by atoms with van der Waals surface area (Å²) in [5.41, 5.74) is 1.02. The molecular formula is C16H18N2O3S2. The summed E-state index contributed by atoms with van der Waals surface area (Å²) < 4.78 is 5.86. The van der Waals surface area contributed by atoms with Crippen molar-refractivity contribution in [3.63, 3.8) is 0 Å². The van der Waals surface area contributed by atoms with Crippen LogP contribution in [0.3, 0.4) is 0 Å². The molecule has 1 N–H and O–H groups in total. The van der Waals surface area contributed by atoms with Crippen molar-refractivity contribution in [1.82, 2.24) is 10.3 Å². The van der Waals surface area contributed by atoms with E-state index in [0.717, 1.165) is 35.7 Å². The minimum atomic E-state index is -0.448. The summed E-state index contributed by atoms with van der Waals surface area (Å²) in [6.07, 6.45) is 5.27. The zero-order chi connectivity index (χ0) is 16.2. The third-order valence-corrected chi connectivity index (χ3v) is 6.26. The Kier molecular flexibility index (Phi) is 5.17. The van der Waals surface area contributed by atoms with Crippen LogP contribution >= 0.6 is 23.1 Å². The van der Waals surface area contributed by atoms with Gasteiger partial charge < -0.3 is 9.73 Å². The molecule has 3 rings (SSSR count). The molecule has 7 heteroatoms. The summed E-state index contributed by atoms with van der Waals surface area (Å²) in [6, 6.07) is 2.94. The molecule has 0 atom stereocenters. The number of nitrogens with zero attached hydrogens (tertiary/aromatic N) is 1. The van der Waals surface area contributed by atoms with Gasteiger partial charge >= 0.3 is 5.63 Å². The maximum atomic E-state index is 12.1. The number of rotatable bonds is 4. The Morgan fingerprint density at radius 1 is 1.35 bits per heavy atom. The summed E-state index contributed by atoms with van der Waals surface area (Å²) in [7, 11) is 0. The van der Waals surface area contributed by atoms with Crippen molar-refractivity contribution in [1.29, 1.82) is 0 Å². The number of carbonyl (C=O) groups excluding carboxylic acids is 1. The maximum Gasteiger partial charge on any atom is 0.335 e. The number of thiazole rings is 1. The Morgan fingerprint density at radius 3 is 2.74 bits per heavy atom. The summed E-state index contributed by atoms with van der Waals surface area (Å²) in [5.74, 6) is -0.180. The number of aryl methyl sites for hydroxylation is 1. The monoisotopic (exact) mass is 350 g/mol. The number of nitrogens with one attached hydrogen (secondary N) is 1. The average molecular weight is 350 g/mol. The fourth-order valence-electron chi connectivity index (χ4n) is 2.61. The lowest BCUT2D eigenvalue weighted by molar-refractivity contribution is 0.0925. The van der Waals surface area contributed by atoms with Crippen molar-refractivity contribution in [3.05, 3.63) is 45.5 Å². The molecule has 1 saturated carbocycles. The normalized spacial score (nSPS) is 21.1. The zero-order valence-electron chi connectivity index (χ0n) is 12.8. The van der Waals surface area contributed by atoms with Crippen molar-refractivity contribution in [2.75, 3.05) is 0 Å². The van der Waals surface area contributed by atoms with E-state index >= 15 is 0 Å². The number of amides is 1. The van der Waals surface area contributed by atoms with E-state index in [2.05, 4.69) is 15.7 Å². The molecule has 122 valence electrons. The minimum absolute atomic E-state index is 0.180. The second-order valence-corrected chi connectivity index (χ2v) is 8.07. The molecule has 0 aliphatic heterocycles. The van der Waals surface area contributed by atoms with E-state index in [0.29, 0.717) is 10.8 Å². The largest absolute Gasteiger partial charge is 0.430 e. The van der Waals surface area contributed by atoms with E-state index in [1.54, 1.807) is 11.3 Å². The second kappa shape index (κ2) is 7.31. The first-order valence-electron chi connectivity index (χ1n) is 7.58. The Balaban J connectivity index is 1.48. The molecule has 0 spiro atoms. The van der Waals surface area contributed by atoms with Gasteiger partial charge in [0.05, 0.1) is 5.56 Å². The molecule has 0 saturated heterocycles. The zero-order valence-corrected chi connectivity index (χ0v) is 14.4. The molecule has 5 nitrogen and oxygen atoms in total. The van der Waals surface area contributed by atoms with Crippen molar-refractivity contribution in [2.45, 2.75) is 48.2 Å². The topological polar surface area (TPSA) is 72.2 Å². The SMILES string of the molecule is Cc1csc(SC2CCC(NC(=O)c3ccc(=O)oc3)CC2)n1. The smallest absolute Gasteiger partial charge is 0.335 e. The van der Waals surface area contributed by atoms with Crippen LogP contribution in [0.2, 0.25) is 0 Å². The number of hydrogen-bond acceptors (Lipinski definition) is 6. The molecule has 1 aliphatic carbocycles. The van der Waals surface area contributed by atoms with Crippen LogP contribution < -0.4 is 10.9 Å². The molecule has 23 heavy (non-hydrogen) atoms. The molecule has 2 aromatic rings. The quantitative estimate of drug-likeness (QED) is 0.916. The van der Waals surface area contributed by atoms with Crippen LogP contribution in [0.5, 0.6) is 0 Å². The minimum Gasteiger partial charge on any atom is -0.430 e. The molecule has 1 aliphatic rings. The van der Waals surface area contributed by atoms with Gasteiger partial charge in [0, 0.05) is 28.4 Å². The first kappa shape index (κ1) is 16.3. The van der Waals surface area contributed by atoms with Gasteiger partial charge in [-0.2, -0.15) is 0 Å². The number of carbonyl (C=O) groups is 1. The van der Waals surface area contributed by atoms with Crippen molar-refractivity contribution in [3.8, 4) is 0 Å². The van der Waals surface area contributed by atoms with Crippen LogP contribution in [0.15, 0.2) is 37.3 Å². The molecular weight excluding hydrogens is 332 g/mol. The van der Waals surface area contributed by atoms with E-state index in [4.69, 9.17) is 4.42 Å². The Labute approximate surface area is 142 Å². The average Bonchev–Trinajstić information content (AvgIpc) is 2.95. The number of aromatic nitrogens is 1. The van der Waals surface area contributed by atoms with Gasteiger partial charge in [0.2, 0.25) is 0 Å². The van der Waals surface area contributed by atoms with Crippen molar-refractivity contribution >= 4 is 29.0 Å². The predicted octanol–water partition coefficient (Wildman–Crippen LogP) is 3.24. The molecule has 0 bridgehead atoms. The number of hydrogen-bond donors (Lipinski definition) is 1. The highest BCUT2D eigenvalue weighted by molar-refractivity contribution is 8.01. The van der Waals surface area contributed by atoms with Crippen LogP contribution in [0, 0.1) is 6.92 Å². The molecule has 1 fully saturated rings. The summed E-state index contributed by atoms with van der Waals surface area (Å²) >= 11 is 3.55. The van der Waals surface area contributed by atoms with Gasteiger partial charge in [0.1, 0.15) is 10.6 Å². The third kappa shape index (κ3) is 4.45. The summed E-state index contributed by atoms with van der Waals surface area (Å²) in [6.45, 7) is 2.01. The van der Waals surface area contributed by atoms with E-state index in [1.165, 1.54) is 18.4 Å². The Bertz CT molecular complexity index is 712. The van der Waals surface area contributed by atoms with Gasteiger partial charge in [-0.05, 0) is 38.7 Å². The number of thioether (sulfide) groups is 1. The van der Waals surface area contributed by atoms with Gasteiger partial charge in [0.25, 0.3) is 5.91 Å². The fraction of sp³-hybridized carbons (Fsp3) is 0.438.